The maximum Gasteiger partial charge on any atom is 0.261 e. The lowest BCUT2D eigenvalue weighted by atomic mass is 9.86. The second kappa shape index (κ2) is 4.94. The number of nitrogens with one attached hydrogen (secondary N) is 1. The molecule has 1 aromatic carbocycles. The molecule has 0 saturated carbocycles. The van der Waals surface area contributed by atoms with E-state index in [1.165, 1.54) is 0 Å². The lowest BCUT2D eigenvalue weighted by Crippen LogP contribution is -2.37. The lowest BCUT2D eigenvalue weighted by molar-refractivity contribution is -0.141. The third kappa shape index (κ3) is 2.38. The molecule has 1 aliphatic rings. The van der Waals surface area contributed by atoms with Crippen molar-refractivity contribution < 1.29 is 14.7 Å². The van der Waals surface area contributed by atoms with E-state index in [4.69, 9.17) is 11.6 Å². The average molecular weight is 282 g/mol. The Kier molecular flexibility index (Phi) is 3.65. The Balaban J connectivity index is 2.34. The molecule has 0 aliphatic carbocycles. The molecule has 2 rings (SSSR count). The Morgan fingerprint density at radius 2 is 2.21 bits per heavy atom. The molecule has 5 heteroatoms. The molecule has 0 bridgehead atoms. The van der Waals surface area contributed by atoms with Crippen LogP contribution in [0.15, 0.2) is 18.2 Å². The molecule has 1 aliphatic heterocycles. The highest BCUT2D eigenvalue weighted by molar-refractivity contribution is 6.31. The van der Waals surface area contributed by atoms with Gasteiger partial charge in [-0.1, -0.05) is 31.5 Å². The number of amides is 1. The number of anilines is 1. The van der Waals surface area contributed by atoms with Gasteiger partial charge in [-0.25, -0.2) is 0 Å². The van der Waals surface area contributed by atoms with Crippen LogP contribution in [0.3, 0.4) is 0 Å². The number of halogens is 1. The topological polar surface area (TPSA) is 66.4 Å². The van der Waals surface area contributed by atoms with Gasteiger partial charge < -0.3 is 10.4 Å². The predicted molar refractivity (Wildman–Crippen MR) is 73.1 cm³/mol. The predicted octanol–water partition coefficient (Wildman–Crippen LogP) is 2.49. The molecule has 0 aromatic heterocycles. The number of benzene rings is 1. The fourth-order valence-electron chi connectivity index (χ4n) is 2.16. The van der Waals surface area contributed by atoms with Crippen LogP contribution in [0.4, 0.5) is 5.69 Å². The van der Waals surface area contributed by atoms with Crippen molar-refractivity contribution >= 4 is 29.0 Å². The van der Waals surface area contributed by atoms with E-state index in [2.05, 4.69) is 5.32 Å². The molecule has 0 saturated heterocycles. The summed E-state index contributed by atoms with van der Waals surface area (Å²) in [6.45, 7) is 3.69. The number of ketones is 1. The number of hydrogen-bond acceptors (Lipinski definition) is 3. The van der Waals surface area contributed by atoms with Crippen LogP contribution < -0.4 is 5.32 Å². The zero-order chi connectivity index (χ0) is 14.2. The summed E-state index contributed by atoms with van der Waals surface area (Å²) in [6.07, 6.45) is 0.479. The molecule has 2 unspecified atom stereocenters. The minimum Gasteiger partial charge on any atom is -0.375 e. The number of fused-ring (bicyclic) bond motifs is 1. The Hall–Kier alpha value is -1.39. The Morgan fingerprint density at radius 1 is 1.53 bits per heavy atom. The van der Waals surface area contributed by atoms with Crippen LogP contribution in [0.1, 0.15) is 32.3 Å². The van der Waals surface area contributed by atoms with Crippen LogP contribution in [0.2, 0.25) is 5.02 Å². The van der Waals surface area contributed by atoms with Crippen LogP contribution in [0, 0.1) is 5.92 Å². The summed E-state index contributed by atoms with van der Waals surface area (Å²) in [6, 6.07) is 4.75. The smallest absolute Gasteiger partial charge is 0.261 e. The van der Waals surface area contributed by atoms with Crippen LogP contribution in [-0.2, 0) is 15.2 Å². The average Bonchev–Trinajstić information content (AvgIpc) is 2.59. The molecule has 0 fully saturated rings. The quantitative estimate of drug-likeness (QED) is 0.891. The lowest BCUT2D eigenvalue weighted by Gasteiger charge is -2.21. The fourth-order valence-corrected chi connectivity index (χ4v) is 2.33. The molecular weight excluding hydrogens is 266 g/mol. The van der Waals surface area contributed by atoms with Crippen LogP contribution in [0.5, 0.6) is 0 Å². The van der Waals surface area contributed by atoms with Gasteiger partial charge in [0.05, 0.1) is 0 Å². The SMILES string of the molecule is CCC(C)C(=O)CC1(O)C(=O)Nc2cc(Cl)ccc21. The molecular formula is C14H16ClNO3. The summed E-state index contributed by atoms with van der Waals surface area (Å²) < 4.78 is 0. The van der Waals surface area contributed by atoms with Gasteiger partial charge in [-0.2, -0.15) is 0 Å². The second-order valence-electron chi connectivity index (χ2n) is 4.96. The first-order chi connectivity index (χ1) is 8.88. The molecule has 0 spiro atoms. The number of hydrogen-bond donors (Lipinski definition) is 2. The van der Waals surface area contributed by atoms with E-state index in [9.17, 15) is 14.7 Å². The van der Waals surface area contributed by atoms with Gasteiger partial charge in [0.15, 0.2) is 5.60 Å². The fraction of sp³-hybridized carbons (Fsp3) is 0.429. The normalized spacial score (nSPS) is 22.8. The molecule has 1 heterocycles. The van der Waals surface area contributed by atoms with Crippen molar-refractivity contribution in [1.82, 2.24) is 0 Å². The van der Waals surface area contributed by atoms with E-state index in [1.807, 2.05) is 6.92 Å². The van der Waals surface area contributed by atoms with Gasteiger partial charge in [0.1, 0.15) is 5.78 Å². The third-order valence-corrected chi connectivity index (χ3v) is 3.88. The van der Waals surface area contributed by atoms with Crippen LogP contribution >= 0.6 is 11.6 Å². The maximum atomic E-state index is 12.0. The van der Waals surface area contributed by atoms with E-state index in [0.717, 1.165) is 0 Å². The van der Waals surface area contributed by atoms with Crippen molar-refractivity contribution in [2.75, 3.05) is 5.32 Å². The van der Waals surface area contributed by atoms with E-state index >= 15 is 0 Å². The van der Waals surface area contributed by atoms with E-state index in [1.54, 1.807) is 25.1 Å². The van der Waals surface area contributed by atoms with Gasteiger partial charge in [-0.05, 0) is 18.6 Å². The largest absolute Gasteiger partial charge is 0.375 e. The highest BCUT2D eigenvalue weighted by atomic mass is 35.5. The molecule has 0 radical (unpaired) electrons. The first kappa shape index (κ1) is 14.0. The number of rotatable bonds is 4. The van der Waals surface area contributed by atoms with Gasteiger partial charge in [0.25, 0.3) is 5.91 Å². The summed E-state index contributed by atoms with van der Waals surface area (Å²) in [7, 11) is 0. The molecule has 4 nitrogen and oxygen atoms in total. The summed E-state index contributed by atoms with van der Waals surface area (Å²) in [4.78, 5) is 23.9. The van der Waals surface area contributed by atoms with Crippen molar-refractivity contribution in [3.05, 3.63) is 28.8 Å². The minimum atomic E-state index is -1.78. The number of carbonyl (C=O) groups is 2. The van der Waals surface area contributed by atoms with Gasteiger partial charge >= 0.3 is 0 Å². The van der Waals surface area contributed by atoms with E-state index in [0.29, 0.717) is 22.7 Å². The first-order valence-electron chi connectivity index (χ1n) is 6.25. The number of aliphatic hydroxyl groups is 1. The van der Waals surface area contributed by atoms with Crippen molar-refractivity contribution in [3.8, 4) is 0 Å². The summed E-state index contributed by atoms with van der Waals surface area (Å²) in [5.74, 6) is -0.863. The second-order valence-corrected chi connectivity index (χ2v) is 5.39. The summed E-state index contributed by atoms with van der Waals surface area (Å²) in [5, 5.41) is 13.6. The van der Waals surface area contributed by atoms with Crippen molar-refractivity contribution in [1.29, 1.82) is 0 Å². The number of Topliss-reactive ketones (excluding diaryl/α,β-unsaturated/α-hetero) is 1. The summed E-state index contributed by atoms with van der Waals surface area (Å²) >= 11 is 5.84. The summed E-state index contributed by atoms with van der Waals surface area (Å²) in [5.41, 5.74) is -0.893. The van der Waals surface area contributed by atoms with E-state index in [-0.39, 0.29) is 18.1 Å². The van der Waals surface area contributed by atoms with Crippen LogP contribution in [-0.4, -0.2) is 16.8 Å². The molecule has 102 valence electrons. The van der Waals surface area contributed by atoms with Crippen molar-refractivity contribution in [3.63, 3.8) is 0 Å². The van der Waals surface area contributed by atoms with Crippen molar-refractivity contribution in [2.45, 2.75) is 32.3 Å². The van der Waals surface area contributed by atoms with Crippen LogP contribution in [0.25, 0.3) is 0 Å². The highest BCUT2D eigenvalue weighted by Crippen LogP contribution is 2.40. The molecule has 2 atom stereocenters. The number of carbonyl (C=O) groups excluding carboxylic acids is 2. The Morgan fingerprint density at radius 3 is 2.84 bits per heavy atom. The molecule has 1 aromatic rings. The molecule has 2 N–H and O–H groups in total. The maximum absolute atomic E-state index is 12.0. The Labute approximate surface area is 116 Å². The standard InChI is InChI=1S/C14H16ClNO3/c1-3-8(2)12(17)7-14(19)10-5-4-9(15)6-11(10)16-13(14)18/h4-6,8,19H,3,7H2,1-2H3,(H,16,18). The Bertz CT molecular complexity index is 543. The van der Waals surface area contributed by atoms with Gasteiger partial charge in [-0.3, -0.25) is 9.59 Å². The zero-order valence-electron chi connectivity index (χ0n) is 10.9. The van der Waals surface area contributed by atoms with Crippen molar-refractivity contribution in [2.24, 2.45) is 5.92 Å². The van der Waals surface area contributed by atoms with Gasteiger partial charge in [-0.15, -0.1) is 0 Å². The molecule has 1 amide bonds. The third-order valence-electron chi connectivity index (χ3n) is 3.64. The van der Waals surface area contributed by atoms with Gasteiger partial charge in [0.2, 0.25) is 0 Å². The highest BCUT2D eigenvalue weighted by Gasteiger charge is 2.47. The van der Waals surface area contributed by atoms with Gasteiger partial charge in [0, 0.05) is 28.6 Å². The zero-order valence-corrected chi connectivity index (χ0v) is 11.6. The minimum absolute atomic E-state index is 0.122. The first-order valence-corrected chi connectivity index (χ1v) is 6.63. The van der Waals surface area contributed by atoms with E-state index < -0.39 is 11.5 Å². The molecule has 19 heavy (non-hydrogen) atoms. The monoisotopic (exact) mass is 281 g/mol.